The van der Waals surface area contributed by atoms with Crippen molar-refractivity contribution < 1.29 is 0 Å². The molecule has 0 saturated heterocycles. The van der Waals surface area contributed by atoms with Gasteiger partial charge in [0.05, 0.1) is 0 Å². The average Bonchev–Trinajstić information content (AvgIpc) is 2.90. The molecule has 0 unspecified atom stereocenters. The highest BCUT2D eigenvalue weighted by molar-refractivity contribution is 5.60. The average molecular weight is 278 g/mol. The summed E-state index contributed by atoms with van der Waals surface area (Å²) in [4.78, 5) is 1.63. The first kappa shape index (κ1) is 13.5. The molecule has 1 N–H and O–H groups in total. The second-order valence-corrected chi connectivity index (χ2v) is 4.94. The Bertz CT molecular complexity index is 689. The summed E-state index contributed by atoms with van der Waals surface area (Å²) < 4.78 is 0. The molecule has 3 aromatic rings. The van der Waals surface area contributed by atoms with E-state index < -0.39 is 0 Å². The highest BCUT2D eigenvalue weighted by Crippen LogP contribution is 2.19. The van der Waals surface area contributed by atoms with Crippen molar-refractivity contribution in [2.75, 3.05) is 0 Å². The summed E-state index contributed by atoms with van der Waals surface area (Å²) in [6.45, 7) is 1.53. The standard InChI is InChI=1S/C17H18N4/c1-21-19-16(13-18-12-14-8-4-2-5-9-14)17(20-21)15-10-6-3-7-11-15/h2-11,18H,12-13H2,1H3. The Hall–Kier alpha value is -2.46. The van der Waals surface area contributed by atoms with Crippen LogP contribution in [-0.4, -0.2) is 15.0 Å². The molecule has 0 aliphatic rings. The normalized spacial score (nSPS) is 10.7. The maximum atomic E-state index is 4.47. The van der Waals surface area contributed by atoms with E-state index in [9.17, 15) is 0 Å². The smallest absolute Gasteiger partial charge is 0.117 e. The zero-order valence-corrected chi connectivity index (χ0v) is 12.0. The quantitative estimate of drug-likeness (QED) is 0.780. The van der Waals surface area contributed by atoms with Gasteiger partial charge in [0.1, 0.15) is 11.4 Å². The summed E-state index contributed by atoms with van der Waals surface area (Å²) in [5.74, 6) is 0. The minimum atomic E-state index is 0.701. The number of hydrogen-bond acceptors (Lipinski definition) is 3. The van der Waals surface area contributed by atoms with Crippen molar-refractivity contribution in [1.29, 1.82) is 0 Å². The van der Waals surface area contributed by atoms with Gasteiger partial charge in [-0.1, -0.05) is 60.7 Å². The molecule has 0 fully saturated rings. The van der Waals surface area contributed by atoms with Crippen molar-refractivity contribution in [3.8, 4) is 11.3 Å². The third kappa shape index (κ3) is 3.35. The molecule has 0 atom stereocenters. The Morgan fingerprint density at radius 1 is 0.857 bits per heavy atom. The molecule has 3 rings (SSSR count). The molecular formula is C17H18N4. The Balaban J connectivity index is 1.71. The van der Waals surface area contributed by atoms with E-state index in [4.69, 9.17) is 0 Å². The molecule has 21 heavy (non-hydrogen) atoms. The third-order valence-corrected chi connectivity index (χ3v) is 3.30. The Morgan fingerprint density at radius 3 is 2.24 bits per heavy atom. The van der Waals surface area contributed by atoms with Gasteiger partial charge in [0, 0.05) is 25.7 Å². The summed E-state index contributed by atoms with van der Waals surface area (Å²) in [7, 11) is 1.85. The number of hydrogen-bond donors (Lipinski definition) is 1. The molecule has 4 heteroatoms. The van der Waals surface area contributed by atoms with E-state index in [0.717, 1.165) is 23.5 Å². The zero-order valence-electron chi connectivity index (χ0n) is 12.0. The lowest BCUT2D eigenvalue weighted by atomic mass is 10.1. The van der Waals surface area contributed by atoms with Crippen LogP contribution in [0.25, 0.3) is 11.3 Å². The molecule has 1 heterocycles. The van der Waals surface area contributed by atoms with Crippen LogP contribution in [0, 0.1) is 0 Å². The summed E-state index contributed by atoms with van der Waals surface area (Å²) in [5, 5.41) is 12.4. The van der Waals surface area contributed by atoms with E-state index in [1.54, 1.807) is 4.80 Å². The first-order chi connectivity index (χ1) is 10.3. The van der Waals surface area contributed by atoms with Crippen LogP contribution < -0.4 is 5.32 Å². The lowest BCUT2D eigenvalue weighted by molar-refractivity contribution is 0.623. The van der Waals surface area contributed by atoms with Gasteiger partial charge < -0.3 is 5.32 Å². The van der Waals surface area contributed by atoms with Crippen molar-refractivity contribution in [1.82, 2.24) is 20.3 Å². The number of nitrogens with zero attached hydrogens (tertiary/aromatic N) is 3. The first-order valence-electron chi connectivity index (χ1n) is 7.03. The fraction of sp³-hybridized carbons (Fsp3) is 0.176. The highest BCUT2D eigenvalue weighted by Gasteiger charge is 2.11. The minimum absolute atomic E-state index is 0.701. The van der Waals surface area contributed by atoms with E-state index >= 15 is 0 Å². The van der Waals surface area contributed by atoms with Crippen molar-refractivity contribution in [3.63, 3.8) is 0 Å². The molecule has 4 nitrogen and oxygen atoms in total. The molecule has 1 aromatic heterocycles. The third-order valence-electron chi connectivity index (χ3n) is 3.30. The fourth-order valence-corrected chi connectivity index (χ4v) is 2.31. The maximum absolute atomic E-state index is 4.47. The summed E-state index contributed by atoms with van der Waals surface area (Å²) >= 11 is 0. The molecule has 0 bridgehead atoms. The van der Waals surface area contributed by atoms with Gasteiger partial charge in [0.15, 0.2) is 0 Å². The van der Waals surface area contributed by atoms with Gasteiger partial charge in [-0.25, -0.2) is 0 Å². The summed E-state index contributed by atoms with van der Waals surface area (Å²) in [6, 6.07) is 20.5. The van der Waals surface area contributed by atoms with Crippen LogP contribution in [0.3, 0.4) is 0 Å². The minimum Gasteiger partial charge on any atom is -0.307 e. The summed E-state index contributed by atoms with van der Waals surface area (Å²) in [6.07, 6.45) is 0. The number of rotatable bonds is 5. The van der Waals surface area contributed by atoms with Gasteiger partial charge in [-0.3, -0.25) is 0 Å². The molecule has 0 spiro atoms. The topological polar surface area (TPSA) is 42.7 Å². The zero-order chi connectivity index (χ0) is 14.5. The molecule has 2 aromatic carbocycles. The van der Waals surface area contributed by atoms with Crippen LogP contribution in [-0.2, 0) is 20.1 Å². The largest absolute Gasteiger partial charge is 0.307 e. The lowest BCUT2D eigenvalue weighted by Gasteiger charge is -2.04. The van der Waals surface area contributed by atoms with Crippen LogP contribution in [0.15, 0.2) is 60.7 Å². The van der Waals surface area contributed by atoms with Crippen LogP contribution in [0.1, 0.15) is 11.3 Å². The van der Waals surface area contributed by atoms with E-state index in [1.807, 2.05) is 31.3 Å². The predicted octanol–water partition coefficient (Wildman–Crippen LogP) is 2.77. The van der Waals surface area contributed by atoms with Crippen LogP contribution in [0.5, 0.6) is 0 Å². The van der Waals surface area contributed by atoms with Gasteiger partial charge in [-0.2, -0.15) is 15.0 Å². The second kappa shape index (κ2) is 6.33. The molecule has 0 aliphatic heterocycles. The number of aromatic nitrogens is 3. The van der Waals surface area contributed by atoms with E-state index in [2.05, 4.69) is 51.9 Å². The van der Waals surface area contributed by atoms with Gasteiger partial charge in [0.2, 0.25) is 0 Å². The first-order valence-corrected chi connectivity index (χ1v) is 7.03. The maximum Gasteiger partial charge on any atom is 0.117 e. The van der Waals surface area contributed by atoms with E-state index in [-0.39, 0.29) is 0 Å². The predicted molar refractivity (Wildman–Crippen MR) is 83.4 cm³/mol. The van der Waals surface area contributed by atoms with Crippen molar-refractivity contribution in [3.05, 3.63) is 71.9 Å². The van der Waals surface area contributed by atoms with Gasteiger partial charge >= 0.3 is 0 Å². The highest BCUT2D eigenvalue weighted by atomic mass is 15.5. The SMILES string of the molecule is Cn1nc(CNCc2ccccc2)c(-c2ccccc2)n1. The van der Waals surface area contributed by atoms with Crippen LogP contribution in [0.4, 0.5) is 0 Å². The molecular weight excluding hydrogens is 260 g/mol. The second-order valence-electron chi connectivity index (χ2n) is 4.94. The van der Waals surface area contributed by atoms with Gasteiger partial charge in [-0.15, -0.1) is 0 Å². The number of nitrogens with one attached hydrogen (secondary N) is 1. The Morgan fingerprint density at radius 2 is 1.52 bits per heavy atom. The Labute approximate surface area is 124 Å². The molecule has 0 saturated carbocycles. The number of aryl methyl sites for hydroxylation is 1. The van der Waals surface area contributed by atoms with Gasteiger partial charge in [0.25, 0.3) is 0 Å². The molecule has 0 aliphatic carbocycles. The van der Waals surface area contributed by atoms with Crippen molar-refractivity contribution in [2.24, 2.45) is 7.05 Å². The van der Waals surface area contributed by atoms with Crippen LogP contribution >= 0.6 is 0 Å². The summed E-state index contributed by atoms with van der Waals surface area (Å²) in [5.41, 5.74) is 4.28. The van der Waals surface area contributed by atoms with Crippen LogP contribution in [0.2, 0.25) is 0 Å². The van der Waals surface area contributed by atoms with Crippen molar-refractivity contribution in [2.45, 2.75) is 13.1 Å². The van der Waals surface area contributed by atoms with E-state index in [0.29, 0.717) is 6.54 Å². The lowest BCUT2D eigenvalue weighted by Crippen LogP contribution is -2.13. The molecule has 0 radical (unpaired) electrons. The number of benzene rings is 2. The monoisotopic (exact) mass is 278 g/mol. The van der Waals surface area contributed by atoms with E-state index in [1.165, 1.54) is 5.56 Å². The Kier molecular flexibility index (Phi) is 4.07. The van der Waals surface area contributed by atoms with Gasteiger partial charge in [-0.05, 0) is 5.56 Å². The molecule has 0 amide bonds. The van der Waals surface area contributed by atoms with Crippen molar-refractivity contribution >= 4 is 0 Å². The fourth-order valence-electron chi connectivity index (χ4n) is 2.31. The molecule has 106 valence electrons.